The molecule has 0 unspecified atom stereocenters. The molecule has 226 valence electrons. The zero-order valence-electron chi connectivity index (χ0n) is 23.7. The summed E-state index contributed by atoms with van der Waals surface area (Å²) in [7, 11) is 0. The van der Waals surface area contributed by atoms with Crippen molar-refractivity contribution in [2.75, 3.05) is 13.1 Å². The van der Waals surface area contributed by atoms with Gasteiger partial charge in [0, 0.05) is 34.9 Å². The molecule has 0 spiro atoms. The molecule has 1 aliphatic carbocycles. The number of alkyl halides is 3. The first kappa shape index (κ1) is 32.2. The van der Waals surface area contributed by atoms with Gasteiger partial charge in [0.2, 0.25) is 23.6 Å². The zero-order valence-corrected chi connectivity index (χ0v) is 25.3. The second kappa shape index (κ2) is 11.5. The average Bonchev–Trinajstić information content (AvgIpc) is 3.14. The minimum atomic E-state index is -3.93. The number of hydrogen-bond acceptors (Lipinski definition) is 6. The lowest BCUT2D eigenvalue weighted by atomic mass is 9.91. The van der Waals surface area contributed by atoms with E-state index in [2.05, 4.69) is 16.0 Å². The van der Waals surface area contributed by atoms with Gasteiger partial charge in [0.15, 0.2) is 0 Å². The summed E-state index contributed by atoms with van der Waals surface area (Å²) >= 11 is 2.02. The maximum atomic E-state index is 13.9. The third-order valence-corrected chi connectivity index (χ3v) is 8.52. The SMILES string of the molecule is C[C@@H](OC(C)(C)C)[C@H](NC(=O)C(F)(F)Br)C(=O)N1C[C@H]2[C@@H]([C@H]1C(=O)N[C@@H](C[C@@H]1CCCNC1=O)C(N)=O)C2(C)C. The second-order valence-corrected chi connectivity index (χ2v) is 13.6. The van der Waals surface area contributed by atoms with Gasteiger partial charge in [-0.2, -0.15) is 8.78 Å². The fourth-order valence-corrected chi connectivity index (χ4v) is 6.18. The molecular weight excluding hydrogens is 596 g/mol. The number of ether oxygens (including phenoxy) is 1. The zero-order chi connectivity index (χ0) is 30.4. The van der Waals surface area contributed by atoms with E-state index in [9.17, 15) is 32.8 Å². The summed E-state index contributed by atoms with van der Waals surface area (Å²) in [6, 6.07) is -3.71. The molecule has 11 nitrogen and oxygen atoms in total. The van der Waals surface area contributed by atoms with Crippen molar-refractivity contribution in [3.8, 4) is 0 Å². The number of rotatable bonds is 10. The van der Waals surface area contributed by atoms with E-state index in [1.54, 1.807) is 20.8 Å². The maximum absolute atomic E-state index is 13.9. The first-order valence-corrected chi connectivity index (χ1v) is 14.3. The molecule has 14 heteroatoms. The van der Waals surface area contributed by atoms with Crippen LogP contribution in [0.1, 0.15) is 60.8 Å². The minimum Gasteiger partial charge on any atom is -0.370 e. The number of carbonyl (C=O) groups is 5. The van der Waals surface area contributed by atoms with Crippen molar-refractivity contribution in [1.82, 2.24) is 20.9 Å². The molecule has 3 rings (SSSR count). The molecule has 1 saturated carbocycles. The van der Waals surface area contributed by atoms with Crippen LogP contribution in [-0.2, 0) is 28.7 Å². The van der Waals surface area contributed by atoms with Gasteiger partial charge in [-0.05, 0) is 64.2 Å². The molecule has 5 N–H and O–H groups in total. The predicted octanol–water partition coefficient (Wildman–Crippen LogP) is 1.03. The number of nitrogens with zero attached hydrogens (tertiary/aromatic N) is 1. The molecule has 0 aromatic carbocycles. The number of fused-ring (bicyclic) bond motifs is 1. The van der Waals surface area contributed by atoms with E-state index in [1.807, 2.05) is 29.8 Å². The van der Waals surface area contributed by atoms with Gasteiger partial charge in [0.1, 0.15) is 18.1 Å². The molecule has 2 aliphatic heterocycles. The van der Waals surface area contributed by atoms with E-state index in [4.69, 9.17) is 10.5 Å². The highest BCUT2D eigenvalue weighted by Crippen LogP contribution is 2.65. The number of primary amides is 1. The van der Waals surface area contributed by atoms with E-state index in [0.29, 0.717) is 13.0 Å². The summed E-state index contributed by atoms with van der Waals surface area (Å²) in [4.78, 5) is 61.6. The van der Waals surface area contributed by atoms with Gasteiger partial charge in [-0.1, -0.05) is 13.8 Å². The summed E-state index contributed by atoms with van der Waals surface area (Å²) in [6.45, 7) is 11.2. The Hall–Kier alpha value is -2.35. The van der Waals surface area contributed by atoms with Crippen molar-refractivity contribution in [3.05, 3.63) is 0 Å². The van der Waals surface area contributed by atoms with E-state index in [0.717, 1.165) is 6.42 Å². The molecule has 3 aliphatic rings. The number of carbonyl (C=O) groups excluding carboxylic acids is 5. The van der Waals surface area contributed by atoms with Crippen molar-refractivity contribution in [2.24, 2.45) is 28.9 Å². The number of amides is 5. The molecule has 3 fully saturated rings. The van der Waals surface area contributed by atoms with E-state index in [-0.39, 0.29) is 36.1 Å². The lowest BCUT2D eigenvalue weighted by Crippen LogP contribution is -2.61. The Labute approximate surface area is 241 Å². The first-order chi connectivity index (χ1) is 18.3. The van der Waals surface area contributed by atoms with Crippen molar-refractivity contribution in [3.63, 3.8) is 0 Å². The van der Waals surface area contributed by atoms with Crippen LogP contribution in [0.25, 0.3) is 0 Å². The number of piperidine rings is 2. The Morgan fingerprint density at radius 1 is 1.23 bits per heavy atom. The first-order valence-electron chi connectivity index (χ1n) is 13.5. The van der Waals surface area contributed by atoms with Crippen molar-refractivity contribution < 1.29 is 37.5 Å². The fraction of sp³-hybridized carbons (Fsp3) is 0.808. The Bertz CT molecular complexity index is 1050. The van der Waals surface area contributed by atoms with Crippen LogP contribution in [0.4, 0.5) is 8.78 Å². The van der Waals surface area contributed by atoms with Crippen LogP contribution in [0.2, 0.25) is 0 Å². The van der Waals surface area contributed by atoms with Crippen LogP contribution in [-0.4, -0.2) is 82.2 Å². The monoisotopic (exact) mass is 635 g/mol. The Kier molecular flexibility index (Phi) is 9.25. The standard InChI is InChI=1S/C26H40BrF2N5O6/c1-12(40-24(2,3)4)17(33-23(39)26(27,28)29)22(38)34-11-14-16(25(14,5)6)18(34)21(37)32-15(19(30)35)10-13-8-7-9-31-20(13)36/h12-18H,7-11H2,1-6H3,(H2,30,35)(H,31,36)(H,32,37)(H,33,39)/t12-,13+,14+,15+,16+,17+,18+/m1/s1. The highest BCUT2D eigenvalue weighted by Gasteiger charge is 2.69. The highest BCUT2D eigenvalue weighted by atomic mass is 79.9. The lowest BCUT2D eigenvalue weighted by Gasteiger charge is -2.37. The summed E-state index contributed by atoms with van der Waals surface area (Å²) < 4.78 is 33.3. The topological polar surface area (TPSA) is 160 Å². The van der Waals surface area contributed by atoms with Crippen LogP contribution in [0.5, 0.6) is 0 Å². The summed E-state index contributed by atoms with van der Waals surface area (Å²) in [6.07, 6.45) is 0.264. The summed E-state index contributed by atoms with van der Waals surface area (Å²) in [5.74, 6) is -4.97. The number of hydrogen-bond donors (Lipinski definition) is 4. The normalized spacial score (nSPS) is 28.0. The third-order valence-electron chi connectivity index (χ3n) is 8.16. The predicted molar refractivity (Wildman–Crippen MR) is 144 cm³/mol. The molecule has 0 bridgehead atoms. The number of likely N-dealkylation sites (tertiary alicyclic amines) is 1. The second-order valence-electron chi connectivity index (χ2n) is 12.6. The van der Waals surface area contributed by atoms with E-state index >= 15 is 0 Å². The number of nitrogens with one attached hydrogen (secondary N) is 3. The van der Waals surface area contributed by atoms with E-state index in [1.165, 1.54) is 11.8 Å². The fourth-order valence-electron chi connectivity index (χ4n) is 6.07. The van der Waals surface area contributed by atoms with Gasteiger partial charge in [-0.25, -0.2) is 0 Å². The molecule has 40 heavy (non-hydrogen) atoms. The molecule has 7 atom stereocenters. The smallest absolute Gasteiger partial charge is 0.370 e. The molecular formula is C26H40BrF2N5O6. The van der Waals surface area contributed by atoms with Crippen LogP contribution < -0.4 is 21.7 Å². The van der Waals surface area contributed by atoms with Gasteiger partial charge in [0.25, 0.3) is 0 Å². The Balaban J connectivity index is 1.86. The number of nitrogens with two attached hydrogens (primary N) is 1. The largest absolute Gasteiger partial charge is 0.377 e. The van der Waals surface area contributed by atoms with Gasteiger partial charge in [-0.3, -0.25) is 24.0 Å². The van der Waals surface area contributed by atoms with E-state index < -0.39 is 64.2 Å². The quantitative estimate of drug-likeness (QED) is 0.262. The van der Waals surface area contributed by atoms with Crippen molar-refractivity contribution in [1.29, 1.82) is 0 Å². The average molecular weight is 637 g/mol. The van der Waals surface area contributed by atoms with Gasteiger partial charge in [0.05, 0.1) is 11.7 Å². The van der Waals surface area contributed by atoms with Crippen LogP contribution in [0, 0.1) is 23.2 Å². The van der Waals surface area contributed by atoms with Crippen LogP contribution in [0.15, 0.2) is 0 Å². The van der Waals surface area contributed by atoms with Crippen LogP contribution in [0.3, 0.4) is 0 Å². The van der Waals surface area contributed by atoms with Gasteiger partial charge < -0.3 is 31.3 Å². The minimum absolute atomic E-state index is 0.0144. The highest BCUT2D eigenvalue weighted by molar-refractivity contribution is 9.10. The van der Waals surface area contributed by atoms with Gasteiger partial charge >= 0.3 is 10.7 Å². The Morgan fingerprint density at radius 3 is 2.38 bits per heavy atom. The van der Waals surface area contributed by atoms with Crippen molar-refractivity contribution >= 4 is 45.5 Å². The summed E-state index contributed by atoms with van der Waals surface area (Å²) in [5.41, 5.74) is 4.51. The lowest BCUT2D eigenvalue weighted by molar-refractivity contribution is -0.152. The molecule has 2 heterocycles. The van der Waals surface area contributed by atoms with Crippen LogP contribution >= 0.6 is 15.9 Å². The molecule has 5 amide bonds. The molecule has 0 aromatic heterocycles. The molecule has 2 saturated heterocycles. The maximum Gasteiger partial charge on any atom is 0.377 e. The number of halogens is 3. The summed E-state index contributed by atoms with van der Waals surface area (Å²) in [5, 5.41) is 7.46. The molecule has 0 radical (unpaired) electrons. The Morgan fingerprint density at radius 2 is 1.85 bits per heavy atom. The third kappa shape index (κ3) is 7.10. The molecule has 0 aromatic rings. The van der Waals surface area contributed by atoms with Crippen molar-refractivity contribution in [2.45, 2.75) is 95.5 Å². The van der Waals surface area contributed by atoms with Gasteiger partial charge in [-0.15, -0.1) is 0 Å².